The van der Waals surface area contributed by atoms with Gasteiger partial charge in [-0.2, -0.15) is 0 Å². The summed E-state index contributed by atoms with van der Waals surface area (Å²) in [5.74, 6) is -3.01. The fourth-order valence-corrected chi connectivity index (χ4v) is 1.64. The Kier molecular flexibility index (Phi) is 5.01. The van der Waals surface area contributed by atoms with Crippen molar-refractivity contribution in [2.45, 2.75) is 6.92 Å². The molecule has 0 spiro atoms. The topological polar surface area (TPSA) is 121 Å². The molecule has 0 heterocycles. The molecule has 0 aromatic heterocycles. The van der Waals surface area contributed by atoms with Gasteiger partial charge in [0.1, 0.15) is 6.54 Å². The Morgan fingerprint density at radius 2 is 2.05 bits per heavy atom. The van der Waals surface area contributed by atoms with Crippen molar-refractivity contribution >= 4 is 23.3 Å². The van der Waals surface area contributed by atoms with E-state index < -0.39 is 29.3 Å². The first-order valence-electron chi connectivity index (χ1n) is 5.75. The van der Waals surface area contributed by atoms with E-state index in [4.69, 9.17) is 10.2 Å². The number of carbonyl (C=O) groups is 2. The fourth-order valence-electron chi connectivity index (χ4n) is 1.64. The van der Waals surface area contributed by atoms with Gasteiger partial charge < -0.3 is 15.1 Å². The van der Waals surface area contributed by atoms with Crippen LogP contribution < -0.4 is 4.90 Å². The average molecular weight is 282 g/mol. The van der Waals surface area contributed by atoms with E-state index in [2.05, 4.69) is 0 Å². The Hall–Kier alpha value is -2.64. The number of nitro benzene ring substituents is 1. The third kappa shape index (κ3) is 4.23. The van der Waals surface area contributed by atoms with Crippen molar-refractivity contribution in [1.82, 2.24) is 0 Å². The molecule has 1 rings (SSSR count). The van der Waals surface area contributed by atoms with E-state index in [1.807, 2.05) is 0 Å². The van der Waals surface area contributed by atoms with E-state index in [1.54, 1.807) is 0 Å². The highest BCUT2D eigenvalue weighted by Crippen LogP contribution is 2.21. The van der Waals surface area contributed by atoms with Gasteiger partial charge in [-0.05, 0) is 6.07 Å². The standard InChI is InChI=1S/C12H14N2O6/c1-8(12(17)18)6-13(7-11(15)16)9-3-2-4-10(5-9)14(19)20/h2-5,8H,6-7H2,1H3,(H,15,16)(H,17,18). The molecule has 0 aliphatic carbocycles. The number of nitrogens with zero attached hydrogens (tertiary/aromatic N) is 2. The number of hydrogen-bond donors (Lipinski definition) is 2. The van der Waals surface area contributed by atoms with Crippen molar-refractivity contribution in [2.24, 2.45) is 5.92 Å². The molecule has 0 amide bonds. The van der Waals surface area contributed by atoms with Crippen LogP contribution in [-0.2, 0) is 9.59 Å². The smallest absolute Gasteiger partial charge is 0.323 e. The molecular formula is C12H14N2O6. The average Bonchev–Trinajstić information content (AvgIpc) is 2.37. The number of benzene rings is 1. The summed E-state index contributed by atoms with van der Waals surface area (Å²) in [6.45, 7) is 0.954. The summed E-state index contributed by atoms with van der Waals surface area (Å²) in [6, 6.07) is 5.43. The van der Waals surface area contributed by atoms with Gasteiger partial charge in [0.25, 0.3) is 5.69 Å². The molecular weight excluding hydrogens is 268 g/mol. The van der Waals surface area contributed by atoms with Gasteiger partial charge in [0.05, 0.1) is 10.8 Å². The summed E-state index contributed by atoms with van der Waals surface area (Å²) < 4.78 is 0. The molecule has 8 nitrogen and oxygen atoms in total. The predicted molar refractivity (Wildman–Crippen MR) is 69.7 cm³/mol. The van der Waals surface area contributed by atoms with Gasteiger partial charge in [-0.15, -0.1) is 0 Å². The second-order valence-electron chi connectivity index (χ2n) is 4.29. The van der Waals surface area contributed by atoms with Crippen LogP contribution in [0.5, 0.6) is 0 Å². The Labute approximate surface area is 114 Å². The number of carboxylic acids is 2. The van der Waals surface area contributed by atoms with Gasteiger partial charge in [0.2, 0.25) is 0 Å². The zero-order valence-electron chi connectivity index (χ0n) is 10.7. The molecule has 108 valence electrons. The molecule has 1 atom stereocenters. The van der Waals surface area contributed by atoms with E-state index in [0.29, 0.717) is 5.69 Å². The van der Waals surface area contributed by atoms with Crippen LogP contribution >= 0.6 is 0 Å². The van der Waals surface area contributed by atoms with Crippen molar-refractivity contribution in [3.05, 3.63) is 34.4 Å². The molecule has 0 aliphatic heterocycles. The minimum Gasteiger partial charge on any atom is -0.481 e. The Balaban J connectivity index is 3.03. The van der Waals surface area contributed by atoms with E-state index in [0.717, 1.165) is 0 Å². The molecule has 0 bridgehead atoms. The summed E-state index contributed by atoms with van der Waals surface area (Å²) >= 11 is 0. The zero-order valence-corrected chi connectivity index (χ0v) is 10.7. The van der Waals surface area contributed by atoms with Crippen LogP contribution in [0.25, 0.3) is 0 Å². The first-order chi connectivity index (χ1) is 9.31. The van der Waals surface area contributed by atoms with Gasteiger partial charge in [-0.3, -0.25) is 19.7 Å². The Morgan fingerprint density at radius 1 is 1.40 bits per heavy atom. The third-order valence-electron chi connectivity index (χ3n) is 2.65. The summed E-state index contributed by atoms with van der Waals surface area (Å²) in [6.07, 6.45) is 0. The first-order valence-corrected chi connectivity index (χ1v) is 5.75. The normalized spacial score (nSPS) is 11.7. The number of carboxylic acid groups (broad SMARTS) is 2. The molecule has 2 N–H and O–H groups in total. The van der Waals surface area contributed by atoms with Crippen molar-refractivity contribution in [3.8, 4) is 0 Å². The lowest BCUT2D eigenvalue weighted by Gasteiger charge is -2.24. The predicted octanol–water partition coefficient (Wildman–Crippen LogP) is 1.21. The van der Waals surface area contributed by atoms with E-state index in [9.17, 15) is 19.7 Å². The van der Waals surface area contributed by atoms with Gasteiger partial charge in [0.15, 0.2) is 0 Å². The molecule has 1 unspecified atom stereocenters. The van der Waals surface area contributed by atoms with Crippen LogP contribution in [0.4, 0.5) is 11.4 Å². The van der Waals surface area contributed by atoms with Crippen LogP contribution in [0, 0.1) is 16.0 Å². The van der Waals surface area contributed by atoms with E-state index in [-0.39, 0.29) is 12.2 Å². The molecule has 0 fully saturated rings. The Morgan fingerprint density at radius 3 is 2.55 bits per heavy atom. The summed E-state index contributed by atoms with van der Waals surface area (Å²) in [5.41, 5.74) is 0.121. The molecule has 1 aromatic rings. The van der Waals surface area contributed by atoms with Crippen LogP contribution in [0.3, 0.4) is 0 Å². The fraction of sp³-hybridized carbons (Fsp3) is 0.333. The lowest BCUT2D eigenvalue weighted by molar-refractivity contribution is -0.384. The first kappa shape index (κ1) is 15.4. The van der Waals surface area contributed by atoms with Crippen LogP contribution in [0.15, 0.2) is 24.3 Å². The van der Waals surface area contributed by atoms with Gasteiger partial charge in [-0.1, -0.05) is 13.0 Å². The number of rotatable bonds is 7. The molecule has 0 saturated carbocycles. The number of non-ortho nitro benzene ring substituents is 1. The van der Waals surface area contributed by atoms with Crippen LogP contribution in [0.2, 0.25) is 0 Å². The number of aliphatic carboxylic acids is 2. The second kappa shape index (κ2) is 6.50. The van der Waals surface area contributed by atoms with E-state index >= 15 is 0 Å². The van der Waals surface area contributed by atoms with Gasteiger partial charge >= 0.3 is 11.9 Å². The number of hydrogen-bond acceptors (Lipinski definition) is 5. The van der Waals surface area contributed by atoms with Crippen molar-refractivity contribution in [1.29, 1.82) is 0 Å². The lowest BCUT2D eigenvalue weighted by Crippen LogP contribution is -2.35. The minimum atomic E-state index is -1.14. The van der Waals surface area contributed by atoms with Crippen LogP contribution in [0.1, 0.15) is 6.92 Å². The zero-order chi connectivity index (χ0) is 15.3. The molecule has 1 aromatic carbocycles. The van der Waals surface area contributed by atoms with Gasteiger partial charge in [0, 0.05) is 24.4 Å². The molecule has 8 heteroatoms. The molecule has 20 heavy (non-hydrogen) atoms. The van der Waals surface area contributed by atoms with Gasteiger partial charge in [-0.25, -0.2) is 0 Å². The number of anilines is 1. The monoisotopic (exact) mass is 282 g/mol. The van der Waals surface area contributed by atoms with Crippen LogP contribution in [-0.4, -0.2) is 40.2 Å². The van der Waals surface area contributed by atoms with Crippen molar-refractivity contribution < 1.29 is 24.7 Å². The highest BCUT2D eigenvalue weighted by atomic mass is 16.6. The highest BCUT2D eigenvalue weighted by Gasteiger charge is 2.20. The second-order valence-corrected chi connectivity index (χ2v) is 4.29. The molecule has 0 radical (unpaired) electrons. The maximum Gasteiger partial charge on any atom is 0.323 e. The van der Waals surface area contributed by atoms with Crippen molar-refractivity contribution in [2.75, 3.05) is 18.0 Å². The highest BCUT2D eigenvalue weighted by molar-refractivity contribution is 5.75. The minimum absolute atomic E-state index is 0.0528. The maximum atomic E-state index is 10.8. The maximum absolute atomic E-state index is 10.8. The quantitative estimate of drug-likeness (QED) is 0.569. The summed E-state index contributed by atoms with van der Waals surface area (Å²) in [4.78, 5) is 33.1. The SMILES string of the molecule is CC(CN(CC(=O)O)c1cccc([N+](=O)[O-])c1)C(=O)O. The largest absolute Gasteiger partial charge is 0.481 e. The molecule has 0 saturated heterocycles. The third-order valence-corrected chi connectivity index (χ3v) is 2.65. The summed E-state index contributed by atoms with van der Waals surface area (Å²) in [7, 11) is 0. The molecule has 0 aliphatic rings. The number of nitro groups is 1. The van der Waals surface area contributed by atoms with E-state index in [1.165, 1.54) is 36.1 Å². The van der Waals surface area contributed by atoms with Crippen molar-refractivity contribution in [3.63, 3.8) is 0 Å². The Bertz CT molecular complexity index is 530. The summed E-state index contributed by atoms with van der Waals surface area (Å²) in [5, 5.41) is 28.4. The lowest BCUT2D eigenvalue weighted by atomic mass is 10.1.